The van der Waals surface area contributed by atoms with E-state index in [-0.39, 0.29) is 11.5 Å². The van der Waals surface area contributed by atoms with Crippen molar-refractivity contribution in [1.82, 2.24) is 0 Å². The van der Waals surface area contributed by atoms with Crippen molar-refractivity contribution in [2.75, 3.05) is 18.0 Å². The van der Waals surface area contributed by atoms with Crippen LogP contribution in [0.1, 0.15) is 12.8 Å². The Morgan fingerprint density at radius 2 is 1.89 bits per heavy atom. The number of Topliss-reactive ketones (excluding diaryl/α,β-unsaturated/α-hetero) is 1. The number of hydrogen-bond donors (Lipinski definition) is 0. The molecule has 0 N–H and O–H groups in total. The van der Waals surface area contributed by atoms with Gasteiger partial charge in [-0.25, -0.2) is 4.39 Å². The van der Waals surface area contributed by atoms with Crippen LogP contribution in [0.25, 0.3) is 0 Å². The molecule has 18 heavy (non-hydrogen) atoms. The SMILES string of the molecule is O=C1CCN(c2ccc(OC(F)F)cc2F)CC1. The summed E-state index contributed by atoms with van der Waals surface area (Å²) in [4.78, 5) is 12.8. The molecule has 1 aromatic carbocycles. The van der Waals surface area contributed by atoms with Gasteiger partial charge in [-0.1, -0.05) is 0 Å². The lowest BCUT2D eigenvalue weighted by Gasteiger charge is -2.28. The van der Waals surface area contributed by atoms with Crippen LogP contribution in [-0.4, -0.2) is 25.5 Å². The van der Waals surface area contributed by atoms with Crippen molar-refractivity contribution in [3.8, 4) is 5.75 Å². The van der Waals surface area contributed by atoms with Crippen molar-refractivity contribution in [3.05, 3.63) is 24.0 Å². The van der Waals surface area contributed by atoms with Gasteiger partial charge in [-0.15, -0.1) is 0 Å². The third-order valence-corrected chi connectivity index (χ3v) is 2.81. The Balaban J connectivity index is 2.12. The molecule has 2 rings (SSSR count). The van der Waals surface area contributed by atoms with E-state index >= 15 is 0 Å². The smallest absolute Gasteiger partial charge is 0.387 e. The summed E-state index contributed by atoms with van der Waals surface area (Å²) in [6, 6.07) is 3.61. The molecule has 0 saturated carbocycles. The molecule has 0 amide bonds. The largest absolute Gasteiger partial charge is 0.435 e. The summed E-state index contributed by atoms with van der Waals surface area (Å²) in [5.41, 5.74) is 0.309. The van der Waals surface area contributed by atoms with Crippen molar-refractivity contribution >= 4 is 11.5 Å². The molecule has 98 valence electrons. The monoisotopic (exact) mass is 259 g/mol. The number of halogens is 3. The van der Waals surface area contributed by atoms with Crippen molar-refractivity contribution in [1.29, 1.82) is 0 Å². The maximum Gasteiger partial charge on any atom is 0.387 e. The van der Waals surface area contributed by atoms with E-state index in [1.807, 2.05) is 0 Å². The lowest BCUT2D eigenvalue weighted by molar-refractivity contribution is -0.119. The Hall–Kier alpha value is -1.72. The Morgan fingerprint density at radius 3 is 2.44 bits per heavy atom. The fourth-order valence-corrected chi connectivity index (χ4v) is 1.92. The van der Waals surface area contributed by atoms with Gasteiger partial charge in [0.05, 0.1) is 5.69 Å². The van der Waals surface area contributed by atoms with Gasteiger partial charge in [-0.05, 0) is 12.1 Å². The van der Waals surface area contributed by atoms with Crippen LogP contribution in [-0.2, 0) is 4.79 Å². The van der Waals surface area contributed by atoms with Gasteiger partial charge < -0.3 is 9.64 Å². The molecule has 1 aliphatic heterocycles. The molecule has 1 fully saturated rings. The highest BCUT2D eigenvalue weighted by molar-refractivity contribution is 5.81. The highest BCUT2D eigenvalue weighted by Crippen LogP contribution is 2.26. The third kappa shape index (κ3) is 2.94. The molecule has 0 unspecified atom stereocenters. The van der Waals surface area contributed by atoms with Crippen molar-refractivity contribution < 1.29 is 22.7 Å². The first-order valence-electron chi connectivity index (χ1n) is 5.57. The van der Waals surface area contributed by atoms with Gasteiger partial charge in [0.15, 0.2) is 0 Å². The molecule has 0 radical (unpaired) electrons. The highest BCUT2D eigenvalue weighted by Gasteiger charge is 2.19. The molecule has 1 aliphatic rings. The predicted octanol–water partition coefficient (Wildman–Crippen LogP) is 2.60. The van der Waals surface area contributed by atoms with Crippen LogP contribution < -0.4 is 9.64 Å². The van der Waals surface area contributed by atoms with E-state index in [9.17, 15) is 18.0 Å². The molecule has 1 saturated heterocycles. The number of carbonyl (C=O) groups excluding carboxylic acids is 1. The van der Waals surface area contributed by atoms with E-state index in [1.54, 1.807) is 4.90 Å². The first kappa shape index (κ1) is 12.7. The zero-order chi connectivity index (χ0) is 13.1. The van der Waals surface area contributed by atoms with Crippen LogP contribution in [0.3, 0.4) is 0 Å². The summed E-state index contributed by atoms with van der Waals surface area (Å²) < 4.78 is 41.8. The van der Waals surface area contributed by atoms with Gasteiger partial charge in [0.2, 0.25) is 0 Å². The van der Waals surface area contributed by atoms with Gasteiger partial charge in [-0.3, -0.25) is 4.79 Å². The van der Waals surface area contributed by atoms with Crippen LogP contribution >= 0.6 is 0 Å². The first-order valence-corrected chi connectivity index (χ1v) is 5.57. The second kappa shape index (κ2) is 5.29. The minimum Gasteiger partial charge on any atom is -0.435 e. The molecule has 0 bridgehead atoms. The molecule has 3 nitrogen and oxygen atoms in total. The maximum atomic E-state index is 13.7. The summed E-state index contributed by atoms with van der Waals surface area (Å²) in [7, 11) is 0. The van der Waals surface area contributed by atoms with Gasteiger partial charge in [0.25, 0.3) is 0 Å². The normalized spacial score (nSPS) is 16.2. The topological polar surface area (TPSA) is 29.5 Å². The summed E-state index contributed by atoms with van der Waals surface area (Å²) in [6.07, 6.45) is 0.767. The maximum absolute atomic E-state index is 13.7. The van der Waals surface area contributed by atoms with Gasteiger partial charge in [0, 0.05) is 32.0 Å². The van der Waals surface area contributed by atoms with Crippen molar-refractivity contribution in [2.45, 2.75) is 19.5 Å². The van der Waals surface area contributed by atoms with E-state index in [2.05, 4.69) is 4.74 Å². The highest BCUT2D eigenvalue weighted by atomic mass is 19.3. The van der Waals surface area contributed by atoms with Crippen LogP contribution in [0.15, 0.2) is 18.2 Å². The van der Waals surface area contributed by atoms with E-state index in [4.69, 9.17) is 0 Å². The third-order valence-electron chi connectivity index (χ3n) is 2.81. The van der Waals surface area contributed by atoms with E-state index < -0.39 is 12.4 Å². The average Bonchev–Trinajstić information content (AvgIpc) is 2.30. The lowest BCUT2D eigenvalue weighted by Crippen LogP contribution is -2.34. The quantitative estimate of drug-likeness (QED) is 0.835. The zero-order valence-corrected chi connectivity index (χ0v) is 9.54. The number of carbonyl (C=O) groups is 1. The Labute approximate surface area is 102 Å². The second-order valence-electron chi connectivity index (χ2n) is 4.02. The number of ether oxygens (including phenoxy) is 1. The first-order chi connectivity index (χ1) is 8.56. The molecular formula is C12H12F3NO2. The summed E-state index contributed by atoms with van der Waals surface area (Å²) in [5, 5.41) is 0. The van der Waals surface area contributed by atoms with E-state index in [0.29, 0.717) is 31.6 Å². The van der Waals surface area contributed by atoms with Crippen LogP contribution in [0.5, 0.6) is 5.75 Å². The van der Waals surface area contributed by atoms with E-state index in [0.717, 1.165) is 6.07 Å². The predicted molar refractivity (Wildman–Crippen MR) is 59.5 cm³/mol. The van der Waals surface area contributed by atoms with E-state index in [1.165, 1.54) is 12.1 Å². The number of rotatable bonds is 3. The second-order valence-corrected chi connectivity index (χ2v) is 4.02. The number of anilines is 1. The molecule has 0 atom stereocenters. The summed E-state index contributed by atoms with van der Waals surface area (Å²) in [6.45, 7) is -2.07. The van der Waals surface area contributed by atoms with Crippen LogP contribution in [0.4, 0.5) is 18.9 Å². The number of benzene rings is 1. The number of hydrogen-bond acceptors (Lipinski definition) is 3. The lowest BCUT2D eigenvalue weighted by atomic mass is 10.1. The molecule has 1 heterocycles. The number of piperidine rings is 1. The molecular weight excluding hydrogens is 247 g/mol. The Morgan fingerprint density at radius 1 is 1.22 bits per heavy atom. The van der Waals surface area contributed by atoms with Crippen LogP contribution in [0.2, 0.25) is 0 Å². The summed E-state index contributed by atoms with van der Waals surface area (Å²) >= 11 is 0. The standard InChI is InChI=1S/C12H12F3NO2/c13-10-7-9(18-12(14)15)1-2-11(10)16-5-3-8(17)4-6-16/h1-2,7,12H,3-6H2. The van der Waals surface area contributed by atoms with Crippen molar-refractivity contribution in [3.63, 3.8) is 0 Å². The molecule has 0 aromatic heterocycles. The minimum atomic E-state index is -2.97. The minimum absolute atomic E-state index is 0.157. The van der Waals surface area contributed by atoms with Crippen LogP contribution in [0, 0.1) is 5.82 Å². The van der Waals surface area contributed by atoms with Gasteiger partial charge >= 0.3 is 6.61 Å². The fourth-order valence-electron chi connectivity index (χ4n) is 1.92. The fraction of sp³-hybridized carbons (Fsp3) is 0.417. The number of nitrogens with zero attached hydrogens (tertiary/aromatic N) is 1. The Bertz CT molecular complexity index is 441. The summed E-state index contributed by atoms with van der Waals surface area (Å²) in [5.74, 6) is -0.675. The molecule has 1 aromatic rings. The van der Waals surface area contributed by atoms with Gasteiger partial charge in [-0.2, -0.15) is 8.78 Å². The van der Waals surface area contributed by atoms with Crippen molar-refractivity contribution in [2.24, 2.45) is 0 Å². The van der Waals surface area contributed by atoms with Gasteiger partial charge in [0.1, 0.15) is 17.3 Å². The zero-order valence-electron chi connectivity index (χ0n) is 9.54. The Kier molecular flexibility index (Phi) is 3.74. The molecule has 6 heteroatoms. The molecule has 0 aliphatic carbocycles. The number of alkyl halides is 2. The molecule has 0 spiro atoms. The average molecular weight is 259 g/mol. The number of ketones is 1.